The molecule has 1 aromatic rings. The molecule has 0 radical (unpaired) electrons. The largest absolute Gasteiger partial charge is 0.401 e. The van der Waals surface area contributed by atoms with Gasteiger partial charge in [0.25, 0.3) is 0 Å². The molecule has 2 atom stereocenters. The van der Waals surface area contributed by atoms with E-state index in [9.17, 15) is 13.2 Å². The zero-order valence-corrected chi connectivity index (χ0v) is 13.7. The van der Waals surface area contributed by atoms with Crippen LogP contribution in [0.3, 0.4) is 0 Å². The highest BCUT2D eigenvalue weighted by atomic mass is 35.5. The maximum atomic E-state index is 12.8. The summed E-state index contributed by atoms with van der Waals surface area (Å²) in [5.74, 6) is 0. The standard InChI is InChI=1S/C16H20ClF3N2O/c1-23-10-15(11-4-12(17)8-21-7-11)5-13-2-3-14(6-15)22(13)9-16(18,19)20/h4,7-8,13-14H,2-3,5-6,9-10H2,1H3. The molecular weight excluding hydrogens is 329 g/mol. The summed E-state index contributed by atoms with van der Waals surface area (Å²) < 4.78 is 43.9. The van der Waals surface area contributed by atoms with Crippen LogP contribution >= 0.6 is 11.6 Å². The van der Waals surface area contributed by atoms with Gasteiger partial charge in [-0.15, -0.1) is 0 Å². The lowest BCUT2D eigenvalue weighted by Gasteiger charge is -2.46. The van der Waals surface area contributed by atoms with Gasteiger partial charge in [-0.25, -0.2) is 0 Å². The van der Waals surface area contributed by atoms with Crippen molar-refractivity contribution in [3.05, 3.63) is 29.0 Å². The van der Waals surface area contributed by atoms with Crippen molar-refractivity contribution in [2.75, 3.05) is 20.3 Å². The molecule has 7 heteroatoms. The predicted molar refractivity (Wildman–Crippen MR) is 81.6 cm³/mol. The topological polar surface area (TPSA) is 25.4 Å². The fourth-order valence-electron chi connectivity index (χ4n) is 4.32. The molecular formula is C16H20ClF3N2O. The zero-order chi connectivity index (χ0) is 16.7. The second-order valence-corrected chi connectivity index (χ2v) is 7.12. The zero-order valence-electron chi connectivity index (χ0n) is 12.9. The third kappa shape index (κ3) is 3.49. The Labute approximate surface area is 138 Å². The number of methoxy groups -OCH3 is 1. The Morgan fingerprint density at radius 2 is 1.96 bits per heavy atom. The number of aromatic nitrogens is 1. The Balaban J connectivity index is 1.88. The monoisotopic (exact) mass is 348 g/mol. The van der Waals surface area contributed by atoms with Crippen molar-refractivity contribution in [3.63, 3.8) is 0 Å². The van der Waals surface area contributed by atoms with Gasteiger partial charge in [0.1, 0.15) is 0 Å². The van der Waals surface area contributed by atoms with Gasteiger partial charge in [-0.2, -0.15) is 13.2 Å². The first-order chi connectivity index (χ1) is 10.8. The smallest absolute Gasteiger partial charge is 0.384 e. The summed E-state index contributed by atoms with van der Waals surface area (Å²) in [5, 5.41) is 0.544. The second-order valence-electron chi connectivity index (χ2n) is 6.69. The van der Waals surface area contributed by atoms with E-state index in [0.29, 0.717) is 24.5 Å². The number of ether oxygens (including phenoxy) is 1. The quantitative estimate of drug-likeness (QED) is 0.827. The summed E-state index contributed by atoms with van der Waals surface area (Å²) in [5.41, 5.74) is 0.663. The van der Waals surface area contributed by atoms with E-state index >= 15 is 0 Å². The SMILES string of the molecule is COCC1(c2cncc(Cl)c2)CC2CCC(C1)N2CC(F)(F)F. The third-order valence-electron chi connectivity index (χ3n) is 5.12. The van der Waals surface area contributed by atoms with Gasteiger partial charge in [0.05, 0.1) is 18.2 Å². The predicted octanol–water partition coefficient (Wildman–Crippen LogP) is 3.81. The van der Waals surface area contributed by atoms with Crippen LogP contribution in [0.2, 0.25) is 5.02 Å². The summed E-state index contributed by atoms with van der Waals surface area (Å²) in [6.07, 6.45) is 2.09. The van der Waals surface area contributed by atoms with Crippen LogP contribution in [0.5, 0.6) is 0 Å². The average molecular weight is 349 g/mol. The molecule has 2 fully saturated rings. The summed E-state index contributed by atoms with van der Waals surface area (Å²) in [7, 11) is 1.63. The molecule has 2 aliphatic heterocycles. The maximum absolute atomic E-state index is 12.8. The van der Waals surface area contributed by atoms with Crippen LogP contribution in [-0.2, 0) is 10.2 Å². The molecule has 0 spiro atoms. The summed E-state index contributed by atoms with van der Waals surface area (Å²) in [6, 6.07) is 1.74. The highest BCUT2D eigenvalue weighted by Gasteiger charge is 2.51. The number of hydrogen-bond acceptors (Lipinski definition) is 3. The van der Waals surface area contributed by atoms with Crippen molar-refractivity contribution < 1.29 is 17.9 Å². The number of pyridine rings is 1. The van der Waals surface area contributed by atoms with Crippen molar-refractivity contribution in [2.45, 2.75) is 49.4 Å². The van der Waals surface area contributed by atoms with Crippen LogP contribution in [0, 0.1) is 0 Å². The molecule has 23 heavy (non-hydrogen) atoms. The van der Waals surface area contributed by atoms with Crippen LogP contribution < -0.4 is 0 Å². The molecule has 128 valence electrons. The van der Waals surface area contributed by atoms with Gasteiger partial charge in [-0.3, -0.25) is 9.88 Å². The molecule has 0 amide bonds. The molecule has 1 aromatic heterocycles. The van der Waals surface area contributed by atoms with Crippen molar-refractivity contribution in [2.24, 2.45) is 0 Å². The van der Waals surface area contributed by atoms with E-state index < -0.39 is 12.7 Å². The molecule has 3 rings (SSSR count). The maximum Gasteiger partial charge on any atom is 0.401 e. The average Bonchev–Trinajstić information content (AvgIpc) is 2.70. The normalized spacial score (nSPS) is 31.5. The lowest BCUT2D eigenvalue weighted by molar-refractivity contribution is -0.158. The molecule has 2 saturated heterocycles. The van der Waals surface area contributed by atoms with E-state index in [4.69, 9.17) is 16.3 Å². The van der Waals surface area contributed by atoms with Gasteiger partial charge < -0.3 is 4.74 Å². The summed E-state index contributed by atoms with van der Waals surface area (Å²) in [6.45, 7) is -0.346. The molecule has 0 N–H and O–H groups in total. The van der Waals surface area contributed by atoms with E-state index in [0.717, 1.165) is 18.4 Å². The van der Waals surface area contributed by atoms with Gasteiger partial charge in [0, 0.05) is 37.0 Å². The van der Waals surface area contributed by atoms with E-state index in [1.165, 1.54) is 0 Å². The first kappa shape index (κ1) is 17.0. The Kier molecular flexibility index (Phi) is 4.60. The number of hydrogen-bond donors (Lipinski definition) is 0. The lowest BCUT2D eigenvalue weighted by Crippen LogP contribution is -2.53. The Hall–Kier alpha value is -0.850. The minimum absolute atomic E-state index is 0.0653. The first-order valence-electron chi connectivity index (χ1n) is 7.75. The molecule has 2 aliphatic rings. The van der Waals surface area contributed by atoms with Gasteiger partial charge in [0.2, 0.25) is 0 Å². The molecule has 0 aliphatic carbocycles. The number of alkyl halides is 3. The first-order valence-corrected chi connectivity index (χ1v) is 8.13. The molecule has 0 saturated carbocycles. The van der Waals surface area contributed by atoms with E-state index in [1.54, 1.807) is 24.4 Å². The lowest BCUT2D eigenvalue weighted by atomic mass is 9.71. The van der Waals surface area contributed by atoms with Crippen molar-refractivity contribution >= 4 is 11.6 Å². The fraction of sp³-hybridized carbons (Fsp3) is 0.688. The molecule has 3 nitrogen and oxygen atoms in total. The summed E-state index contributed by atoms with van der Waals surface area (Å²) >= 11 is 6.07. The van der Waals surface area contributed by atoms with Crippen LogP contribution in [0.25, 0.3) is 0 Å². The fourth-order valence-corrected chi connectivity index (χ4v) is 4.49. The van der Waals surface area contributed by atoms with Crippen molar-refractivity contribution in [1.29, 1.82) is 0 Å². The number of rotatable bonds is 4. The van der Waals surface area contributed by atoms with E-state index in [-0.39, 0.29) is 17.5 Å². The number of nitrogens with zero attached hydrogens (tertiary/aromatic N) is 2. The van der Waals surface area contributed by atoms with E-state index in [2.05, 4.69) is 4.98 Å². The van der Waals surface area contributed by atoms with Gasteiger partial charge in [-0.1, -0.05) is 11.6 Å². The van der Waals surface area contributed by atoms with E-state index in [1.807, 2.05) is 6.07 Å². The van der Waals surface area contributed by atoms with Gasteiger partial charge in [-0.05, 0) is 37.3 Å². The van der Waals surface area contributed by atoms with Crippen molar-refractivity contribution in [1.82, 2.24) is 9.88 Å². The second kappa shape index (κ2) is 6.22. The van der Waals surface area contributed by atoms with Crippen LogP contribution in [0.1, 0.15) is 31.2 Å². The minimum Gasteiger partial charge on any atom is -0.384 e. The highest BCUT2D eigenvalue weighted by Crippen LogP contribution is 2.48. The molecule has 3 heterocycles. The molecule has 0 aromatic carbocycles. The Morgan fingerprint density at radius 1 is 1.30 bits per heavy atom. The van der Waals surface area contributed by atoms with Crippen LogP contribution in [0.15, 0.2) is 18.5 Å². The van der Waals surface area contributed by atoms with Gasteiger partial charge >= 0.3 is 6.18 Å². The highest BCUT2D eigenvalue weighted by molar-refractivity contribution is 6.30. The number of piperidine rings is 1. The molecule has 2 bridgehead atoms. The third-order valence-corrected chi connectivity index (χ3v) is 5.33. The van der Waals surface area contributed by atoms with Crippen molar-refractivity contribution in [3.8, 4) is 0 Å². The Bertz CT molecular complexity index is 553. The number of halogens is 4. The van der Waals surface area contributed by atoms with Crippen LogP contribution in [-0.4, -0.2) is 48.4 Å². The molecule has 2 unspecified atom stereocenters. The number of fused-ring (bicyclic) bond motifs is 2. The minimum atomic E-state index is -4.15. The van der Waals surface area contributed by atoms with Gasteiger partial charge in [0.15, 0.2) is 0 Å². The van der Waals surface area contributed by atoms with Crippen LogP contribution in [0.4, 0.5) is 13.2 Å². The summed E-state index contributed by atoms with van der Waals surface area (Å²) in [4.78, 5) is 5.79. The Morgan fingerprint density at radius 3 is 2.48 bits per heavy atom.